The number of benzene rings is 1. The van der Waals surface area contributed by atoms with Crippen LogP contribution in [0.15, 0.2) is 29.6 Å². The van der Waals surface area contributed by atoms with Gasteiger partial charge in [0.25, 0.3) is 0 Å². The quantitative estimate of drug-likeness (QED) is 0.726. The fourth-order valence-corrected chi connectivity index (χ4v) is 9.35. The van der Waals surface area contributed by atoms with Gasteiger partial charge in [-0.1, -0.05) is 12.1 Å². The molecule has 4 bridgehead atoms. The number of hydrogen-bond donors (Lipinski definition) is 0. The highest BCUT2D eigenvalue weighted by atomic mass is 32.2. The van der Waals surface area contributed by atoms with Gasteiger partial charge in [-0.15, -0.1) is 11.3 Å². The van der Waals surface area contributed by atoms with Crippen LogP contribution in [0.3, 0.4) is 0 Å². The minimum absolute atomic E-state index is 0.0742. The predicted octanol–water partition coefficient (Wildman–Crippen LogP) is 4.70. The summed E-state index contributed by atoms with van der Waals surface area (Å²) in [6, 6.07) is 7.75. The van der Waals surface area contributed by atoms with E-state index < -0.39 is 14.6 Å². The third-order valence-corrected chi connectivity index (χ3v) is 10.3. The molecule has 1 heterocycles. The molecular weight excluding hydrogens is 378 g/mol. The largest absolute Gasteiger partial charge is 0.496 e. The second-order valence-corrected chi connectivity index (χ2v) is 11.9. The second-order valence-electron chi connectivity index (χ2n) is 8.70. The molecule has 0 aliphatic heterocycles. The Morgan fingerprint density at radius 3 is 2.37 bits per heavy atom. The molecule has 0 saturated heterocycles. The number of thiazole rings is 1. The zero-order valence-electron chi connectivity index (χ0n) is 15.6. The van der Waals surface area contributed by atoms with E-state index in [1.54, 1.807) is 7.11 Å². The van der Waals surface area contributed by atoms with Gasteiger partial charge in [0.15, 0.2) is 9.84 Å². The highest BCUT2D eigenvalue weighted by molar-refractivity contribution is 7.92. The van der Waals surface area contributed by atoms with Crippen molar-refractivity contribution in [1.82, 2.24) is 4.98 Å². The minimum Gasteiger partial charge on any atom is -0.496 e. The fraction of sp³-hybridized carbons (Fsp3) is 0.571. The summed E-state index contributed by atoms with van der Waals surface area (Å²) >= 11 is 1.49. The summed E-state index contributed by atoms with van der Waals surface area (Å²) in [7, 11) is -1.56. The van der Waals surface area contributed by atoms with E-state index in [0.717, 1.165) is 35.6 Å². The van der Waals surface area contributed by atoms with Gasteiger partial charge in [-0.3, -0.25) is 0 Å². The maximum absolute atomic E-state index is 13.5. The van der Waals surface area contributed by atoms with Crippen molar-refractivity contribution in [3.8, 4) is 16.3 Å². The molecule has 4 aliphatic carbocycles. The van der Waals surface area contributed by atoms with Crippen LogP contribution in [0.25, 0.3) is 10.6 Å². The van der Waals surface area contributed by atoms with Crippen LogP contribution in [0, 0.1) is 17.8 Å². The summed E-state index contributed by atoms with van der Waals surface area (Å²) in [4.78, 5) is 4.66. The number of aromatic nitrogens is 1. The van der Waals surface area contributed by atoms with E-state index in [-0.39, 0.29) is 5.75 Å². The fourth-order valence-electron chi connectivity index (χ4n) is 6.08. The number of hydrogen-bond acceptors (Lipinski definition) is 5. The molecule has 0 unspecified atom stereocenters. The molecule has 4 nitrogen and oxygen atoms in total. The maximum atomic E-state index is 13.5. The Morgan fingerprint density at radius 2 is 1.74 bits per heavy atom. The third-order valence-electron chi connectivity index (χ3n) is 6.87. The first kappa shape index (κ1) is 17.7. The van der Waals surface area contributed by atoms with Crippen LogP contribution >= 0.6 is 11.3 Å². The van der Waals surface area contributed by atoms with E-state index in [1.807, 2.05) is 29.6 Å². The Labute approximate surface area is 164 Å². The third kappa shape index (κ3) is 2.92. The molecule has 0 amide bonds. The Balaban J connectivity index is 1.42. The van der Waals surface area contributed by atoms with Gasteiger partial charge in [-0.25, -0.2) is 13.4 Å². The molecule has 0 atom stereocenters. The van der Waals surface area contributed by atoms with Crippen molar-refractivity contribution in [2.45, 2.75) is 49.0 Å². The predicted molar refractivity (Wildman–Crippen MR) is 108 cm³/mol. The van der Waals surface area contributed by atoms with Crippen LogP contribution in [0.4, 0.5) is 0 Å². The van der Waals surface area contributed by atoms with Gasteiger partial charge in [0, 0.05) is 5.38 Å². The number of rotatable bonds is 5. The molecule has 4 saturated carbocycles. The van der Waals surface area contributed by atoms with E-state index in [2.05, 4.69) is 4.98 Å². The summed E-state index contributed by atoms with van der Waals surface area (Å²) in [6.07, 6.45) is 6.40. The van der Waals surface area contributed by atoms with Crippen LogP contribution in [0.5, 0.6) is 5.75 Å². The van der Waals surface area contributed by atoms with Crippen LogP contribution in [-0.4, -0.2) is 25.3 Å². The number of sulfone groups is 1. The van der Waals surface area contributed by atoms with Crippen molar-refractivity contribution in [3.05, 3.63) is 35.3 Å². The lowest BCUT2D eigenvalue weighted by atomic mass is 9.56. The smallest absolute Gasteiger partial charge is 0.161 e. The van der Waals surface area contributed by atoms with Gasteiger partial charge in [0.2, 0.25) is 0 Å². The molecular formula is C21H25NO3S2. The first-order valence-electron chi connectivity index (χ1n) is 9.78. The molecule has 4 aliphatic rings. The zero-order chi connectivity index (χ0) is 18.6. The van der Waals surface area contributed by atoms with Crippen molar-refractivity contribution in [3.63, 3.8) is 0 Å². The molecule has 4 fully saturated rings. The van der Waals surface area contributed by atoms with Gasteiger partial charge >= 0.3 is 0 Å². The lowest BCUT2D eigenvalue weighted by Crippen LogP contribution is -2.55. The Morgan fingerprint density at radius 1 is 1.11 bits per heavy atom. The van der Waals surface area contributed by atoms with Crippen LogP contribution < -0.4 is 4.74 Å². The van der Waals surface area contributed by atoms with Crippen molar-refractivity contribution in [2.75, 3.05) is 7.11 Å². The summed E-state index contributed by atoms with van der Waals surface area (Å²) < 4.78 is 31.9. The van der Waals surface area contributed by atoms with Crippen LogP contribution in [0.2, 0.25) is 0 Å². The topological polar surface area (TPSA) is 56.3 Å². The molecule has 0 radical (unpaired) electrons. The van der Waals surface area contributed by atoms with Crippen molar-refractivity contribution < 1.29 is 13.2 Å². The molecule has 144 valence electrons. The van der Waals surface area contributed by atoms with E-state index in [9.17, 15) is 8.42 Å². The average molecular weight is 404 g/mol. The standard InChI is InChI=1S/C21H25NO3S2/c1-25-19-5-3-2-4-18(19)20-22-17(12-26-20)13-27(23,24)21-9-14-6-15(10-21)8-16(7-14)11-21/h2-5,12,14-16H,6-11,13H2,1H3. The van der Waals surface area contributed by atoms with Crippen LogP contribution in [0.1, 0.15) is 44.2 Å². The second kappa shape index (κ2) is 6.31. The van der Waals surface area contributed by atoms with Gasteiger partial charge in [-0.2, -0.15) is 0 Å². The Hall–Kier alpha value is -1.40. The number of para-hydroxylation sites is 1. The van der Waals surface area contributed by atoms with Crippen molar-refractivity contribution in [2.24, 2.45) is 17.8 Å². The van der Waals surface area contributed by atoms with Gasteiger partial charge in [-0.05, 0) is 68.4 Å². The number of methoxy groups -OCH3 is 1. The minimum atomic E-state index is -3.20. The van der Waals surface area contributed by atoms with Gasteiger partial charge in [0.05, 0.1) is 28.9 Å². The zero-order valence-corrected chi connectivity index (χ0v) is 17.2. The van der Waals surface area contributed by atoms with Crippen molar-refractivity contribution >= 4 is 21.2 Å². The highest BCUT2D eigenvalue weighted by Gasteiger charge is 2.57. The average Bonchev–Trinajstić information content (AvgIpc) is 3.08. The van der Waals surface area contributed by atoms with Gasteiger partial charge in [0.1, 0.15) is 10.8 Å². The summed E-state index contributed by atoms with van der Waals surface area (Å²) in [6.45, 7) is 0. The first-order valence-corrected chi connectivity index (χ1v) is 12.3. The van der Waals surface area contributed by atoms with E-state index in [0.29, 0.717) is 23.4 Å². The molecule has 1 aromatic heterocycles. The molecule has 6 heteroatoms. The lowest BCUT2D eigenvalue weighted by molar-refractivity contribution is 0.0338. The monoisotopic (exact) mass is 403 g/mol. The van der Waals surface area contributed by atoms with Crippen molar-refractivity contribution in [1.29, 1.82) is 0 Å². The van der Waals surface area contributed by atoms with E-state index in [1.165, 1.54) is 30.6 Å². The summed E-state index contributed by atoms with van der Waals surface area (Å²) in [5.41, 5.74) is 1.60. The highest BCUT2D eigenvalue weighted by Crippen LogP contribution is 2.59. The van der Waals surface area contributed by atoms with E-state index >= 15 is 0 Å². The molecule has 6 rings (SSSR count). The lowest BCUT2D eigenvalue weighted by Gasteiger charge is -2.55. The number of ether oxygens (including phenoxy) is 1. The Bertz CT molecular complexity index is 928. The molecule has 0 N–H and O–H groups in total. The normalized spacial score (nSPS) is 32.0. The summed E-state index contributed by atoms with van der Waals surface area (Å²) in [5.74, 6) is 2.73. The van der Waals surface area contributed by atoms with Gasteiger partial charge < -0.3 is 4.74 Å². The van der Waals surface area contributed by atoms with Crippen LogP contribution in [-0.2, 0) is 15.6 Å². The van der Waals surface area contributed by atoms with E-state index in [4.69, 9.17) is 4.74 Å². The molecule has 2 aromatic rings. The number of nitrogens with zero attached hydrogens (tertiary/aromatic N) is 1. The molecule has 0 spiro atoms. The Kier molecular flexibility index (Phi) is 4.13. The first-order chi connectivity index (χ1) is 13.0. The molecule has 27 heavy (non-hydrogen) atoms. The maximum Gasteiger partial charge on any atom is 0.161 e. The molecule has 1 aromatic carbocycles. The summed E-state index contributed by atoms with van der Waals surface area (Å²) in [5, 5.41) is 2.72. The SMILES string of the molecule is COc1ccccc1-c1nc(CS(=O)(=O)C23CC4CC(CC(C4)C2)C3)cs1.